The van der Waals surface area contributed by atoms with Gasteiger partial charge in [-0.05, 0) is 40.9 Å². The van der Waals surface area contributed by atoms with Gasteiger partial charge in [0.15, 0.2) is 0 Å². The molecule has 0 unspecified atom stereocenters. The van der Waals surface area contributed by atoms with Crippen LogP contribution in [0.3, 0.4) is 0 Å². The number of hydrogen-bond donors (Lipinski definition) is 1. The van der Waals surface area contributed by atoms with Gasteiger partial charge in [0, 0.05) is 29.4 Å². The van der Waals surface area contributed by atoms with E-state index in [0.717, 1.165) is 12.8 Å². The highest BCUT2D eigenvalue weighted by atomic mass is 79.9. The lowest BCUT2D eigenvalue weighted by atomic mass is 10.1. The van der Waals surface area contributed by atoms with E-state index in [1.54, 1.807) is 6.92 Å². The molecule has 0 aliphatic rings. The van der Waals surface area contributed by atoms with Crippen molar-refractivity contribution in [1.82, 2.24) is 4.57 Å². The van der Waals surface area contributed by atoms with Gasteiger partial charge in [-0.25, -0.2) is 0 Å². The van der Waals surface area contributed by atoms with Gasteiger partial charge >= 0.3 is 0 Å². The van der Waals surface area contributed by atoms with Crippen molar-refractivity contribution >= 4 is 33.5 Å². The van der Waals surface area contributed by atoms with E-state index < -0.39 is 10.5 Å². The number of aliphatic imine (C=N–C) groups is 1. The van der Waals surface area contributed by atoms with Crippen molar-refractivity contribution in [2.24, 2.45) is 4.99 Å². The number of hydrogen-bond acceptors (Lipinski definition) is 6. The van der Waals surface area contributed by atoms with Gasteiger partial charge in [0.1, 0.15) is 11.6 Å². The Morgan fingerprint density at radius 2 is 2.14 bits per heavy atom. The molecule has 28 heavy (non-hydrogen) atoms. The van der Waals surface area contributed by atoms with Crippen LogP contribution in [-0.2, 0) is 6.54 Å². The Morgan fingerprint density at radius 1 is 1.43 bits per heavy atom. The fraction of sp³-hybridized carbons (Fsp3) is 0.316. The predicted octanol–water partition coefficient (Wildman–Crippen LogP) is 4.35. The first-order valence-corrected chi connectivity index (χ1v) is 9.45. The predicted molar refractivity (Wildman–Crippen MR) is 109 cm³/mol. The Balaban J connectivity index is 2.52. The monoisotopic (exact) mass is 446 g/mol. The fourth-order valence-electron chi connectivity index (χ4n) is 2.70. The molecule has 0 atom stereocenters. The van der Waals surface area contributed by atoms with E-state index in [1.165, 1.54) is 29.0 Å². The second-order valence-electron chi connectivity index (χ2n) is 6.16. The standard InChI is InChI=1S/C19H19BrN4O4/c1-3-4-5-8-23-18(25)14(10-21)12(2)15(19(23)26)11-22-17-7-6-13(24(27)28)9-16(17)20/h6-7,9,11,26H,3-5,8H2,1-2H3. The summed E-state index contributed by atoms with van der Waals surface area (Å²) in [5, 5.41) is 30.8. The number of benzene rings is 1. The van der Waals surface area contributed by atoms with Crippen molar-refractivity contribution in [3.63, 3.8) is 0 Å². The number of halogens is 1. The highest BCUT2D eigenvalue weighted by Crippen LogP contribution is 2.30. The van der Waals surface area contributed by atoms with Gasteiger partial charge < -0.3 is 5.11 Å². The molecule has 0 fully saturated rings. The number of rotatable bonds is 7. The molecule has 2 aromatic rings. The number of unbranched alkanes of at least 4 members (excludes halogenated alkanes) is 2. The minimum atomic E-state index is -0.526. The average molecular weight is 447 g/mol. The molecule has 0 bridgehead atoms. The van der Waals surface area contributed by atoms with E-state index in [2.05, 4.69) is 20.9 Å². The third kappa shape index (κ3) is 4.46. The molecule has 8 nitrogen and oxygen atoms in total. The summed E-state index contributed by atoms with van der Waals surface area (Å²) in [5.41, 5.74) is 0.352. The first-order valence-electron chi connectivity index (χ1n) is 8.66. The van der Waals surface area contributed by atoms with E-state index in [-0.39, 0.29) is 22.7 Å². The second kappa shape index (κ2) is 9.28. The fourth-order valence-corrected chi connectivity index (χ4v) is 3.17. The maximum Gasteiger partial charge on any atom is 0.271 e. The molecular formula is C19H19BrN4O4. The van der Waals surface area contributed by atoms with Crippen molar-refractivity contribution in [1.29, 1.82) is 5.26 Å². The van der Waals surface area contributed by atoms with E-state index in [4.69, 9.17) is 0 Å². The van der Waals surface area contributed by atoms with Crippen LogP contribution in [0.2, 0.25) is 0 Å². The van der Waals surface area contributed by atoms with Crippen molar-refractivity contribution in [3.05, 3.63) is 59.8 Å². The molecule has 9 heteroatoms. The Hall–Kier alpha value is -2.99. The topological polar surface area (TPSA) is 122 Å². The zero-order valence-corrected chi connectivity index (χ0v) is 17.1. The maximum atomic E-state index is 12.5. The third-order valence-corrected chi connectivity index (χ3v) is 4.94. The minimum Gasteiger partial charge on any atom is -0.494 e. The number of nitro benzene ring substituents is 1. The van der Waals surface area contributed by atoms with Gasteiger partial charge in [0.05, 0.1) is 16.2 Å². The second-order valence-corrected chi connectivity index (χ2v) is 7.02. The van der Waals surface area contributed by atoms with Crippen molar-refractivity contribution in [2.45, 2.75) is 39.7 Å². The Kier molecular flexibility index (Phi) is 7.06. The van der Waals surface area contributed by atoms with Gasteiger partial charge in [-0.1, -0.05) is 19.8 Å². The minimum absolute atomic E-state index is 0.0430. The van der Waals surface area contributed by atoms with E-state index in [9.17, 15) is 25.3 Å². The number of aromatic nitrogens is 1. The molecule has 0 saturated carbocycles. The summed E-state index contributed by atoms with van der Waals surface area (Å²) >= 11 is 3.23. The molecule has 0 saturated heterocycles. The highest BCUT2D eigenvalue weighted by molar-refractivity contribution is 9.10. The molecule has 1 aromatic heterocycles. The molecule has 1 heterocycles. The summed E-state index contributed by atoms with van der Waals surface area (Å²) in [6.07, 6.45) is 3.89. The summed E-state index contributed by atoms with van der Waals surface area (Å²) in [4.78, 5) is 27.1. The summed E-state index contributed by atoms with van der Waals surface area (Å²) in [5.74, 6) is -0.251. The molecular weight excluding hydrogens is 428 g/mol. The van der Waals surface area contributed by atoms with Gasteiger partial charge in [-0.2, -0.15) is 5.26 Å². The number of nitro groups is 1. The smallest absolute Gasteiger partial charge is 0.271 e. The number of nitrogens with zero attached hydrogens (tertiary/aromatic N) is 4. The SMILES string of the molecule is CCCCCn1c(O)c(C=Nc2ccc([N+](=O)[O-])cc2Br)c(C)c(C#N)c1=O. The summed E-state index contributed by atoms with van der Waals surface area (Å²) in [7, 11) is 0. The van der Waals surface area contributed by atoms with E-state index >= 15 is 0 Å². The molecule has 0 radical (unpaired) electrons. The Labute approximate surface area is 170 Å². The number of pyridine rings is 1. The Morgan fingerprint density at radius 3 is 2.71 bits per heavy atom. The van der Waals surface area contributed by atoms with Crippen LogP contribution in [0.5, 0.6) is 5.88 Å². The molecule has 146 valence electrons. The van der Waals surface area contributed by atoms with Crippen LogP contribution in [0.4, 0.5) is 11.4 Å². The van der Waals surface area contributed by atoms with Gasteiger partial charge in [0.2, 0.25) is 5.88 Å². The van der Waals surface area contributed by atoms with Crippen LogP contribution in [0, 0.1) is 28.4 Å². The molecule has 0 amide bonds. The van der Waals surface area contributed by atoms with Crippen LogP contribution in [0.1, 0.15) is 42.9 Å². The lowest BCUT2D eigenvalue weighted by Gasteiger charge is -2.13. The molecule has 0 aliphatic heterocycles. The molecule has 2 rings (SSSR count). The largest absolute Gasteiger partial charge is 0.494 e. The Bertz CT molecular complexity index is 1040. The molecule has 0 aliphatic carbocycles. The molecule has 0 spiro atoms. The summed E-state index contributed by atoms with van der Waals surface area (Å²) in [6, 6.07) is 6.01. The number of nitriles is 1. The van der Waals surface area contributed by atoms with Crippen LogP contribution in [-0.4, -0.2) is 20.8 Å². The van der Waals surface area contributed by atoms with Crippen LogP contribution in [0.15, 0.2) is 32.5 Å². The zero-order chi connectivity index (χ0) is 20.8. The number of aromatic hydroxyl groups is 1. The quantitative estimate of drug-likeness (QED) is 0.293. The van der Waals surface area contributed by atoms with Crippen LogP contribution < -0.4 is 5.56 Å². The van der Waals surface area contributed by atoms with E-state index in [1.807, 2.05) is 13.0 Å². The van der Waals surface area contributed by atoms with Gasteiger partial charge in [0.25, 0.3) is 11.2 Å². The molecule has 1 N–H and O–H groups in total. The molecule has 1 aromatic carbocycles. The van der Waals surface area contributed by atoms with Crippen molar-refractivity contribution in [2.75, 3.05) is 0 Å². The average Bonchev–Trinajstić information content (AvgIpc) is 2.65. The van der Waals surface area contributed by atoms with Crippen molar-refractivity contribution < 1.29 is 10.0 Å². The van der Waals surface area contributed by atoms with Crippen LogP contribution >= 0.6 is 15.9 Å². The summed E-state index contributed by atoms with van der Waals surface area (Å²) < 4.78 is 1.60. The first-order chi connectivity index (χ1) is 13.3. The first kappa shape index (κ1) is 21.3. The zero-order valence-electron chi connectivity index (χ0n) is 15.5. The van der Waals surface area contributed by atoms with Gasteiger partial charge in [-0.15, -0.1) is 0 Å². The number of non-ortho nitro benzene ring substituents is 1. The highest BCUT2D eigenvalue weighted by Gasteiger charge is 2.18. The summed E-state index contributed by atoms with van der Waals surface area (Å²) in [6.45, 7) is 3.90. The normalized spacial score (nSPS) is 10.9. The van der Waals surface area contributed by atoms with Crippen molar-refractivity contribution in [3.8, 4) is 11.9 Å². The lowest BCUT2D eigenvalue weighted by Crippen LogP contribution is -2.25. The lowest BCUT2D eigenvalue weighted by molar-refractivity contribution is -0.384. The van der Waals surface area contributed by atoms with E-state index in [0.29, 0.717) is 28.7 Å². The van der Waals surface area contributed by atoms with Crippen LogP contribution in [0.25, 0.3) is 0 Å². The van der Waals surface area contributed by atoms with Gasteiger partial charge in [-0.3, -0.25) is 24.5 Å². The third-order valence-electron chi connectivity index (χ3n) is 4.31. The maximum absolute atomic E-state index is 12.5.